The standard InChI is InChI=1S/C13H17ClN2O/c1-15-6-3-7-16(9-8-15)13-5-2-4-12(14)11(13)10-17/h2,4-5,10H,3,6-9H2,1H3. The maximum atomic E-state index is 11.1. The van der Waals surface area contributed by atoms with Crippen molar-refractivity contribution in [3.63, 3.8) is 0 Å². The number of benzene rings is 1. The predicted octanol–water partition coefficient (Wildman–Crippen LogP) is 2.29. The molecule has 17 heavy (non-hydrogen) atoms. The van der Waals surface area contributed by atoms with Crippen molar-refractivity contribution in [2.24, 2.45) is 0 Å². The summed E-state index contributed by atoms with van der Waals surface area (Å²) < 4.78 is 0. The number of carbonyl (C=O) groups is 1. The Morgan fingerprint density at radius 3 is 2.82 bits per heavy atom. The summed E-state index contributed by atoms with van der Waals surface area (Å²) in [6.45, 7) is 4.04. The first-order valence-corrected chi connectivity index (χ1v) is 6.27. The van der Waals surface area contributed by atoms with Crippen LogP contribution in [0.5, 0.6) is 0 Å². The van der Waals surface area contributed by atoms with Gasteiger partial charge in [0.25, 0.3) is 0 Å². The zero-order valence-electron chi connectivity index (χ0n) is 10.0. The highest BCUT2D eigenvalue weighted by molar-refractivity contribution is 6.33. The number of hydrogen-bond acceptors (Lipinski definition) is 3. The largest absolute Gasteiger partial charge is 0.370 e. The summed E-state index contributed by atoms with van der Waals surface area (Å²) >= 11 is 6.05. The number of aldehydes is 1. The molecule has 4 heteroatoms. The van der Waals surface area contributed by atoms with Crippen LogP contribution in [-0.2, 0) is 0 Å². The molecule has 0 spiro atoms. The fourth-order valence-corrected chi connectivity index (χ4v) is 2.42. The molecule has 1 heterocycles. The maximum absolute atomic E-state index is 11.1. The van der Waals surface area contributed by atoms with Gasteiger partial charge >= 0.3 is 0 Å². The van der Waals surface area contributed by atoms with Crippen molar-refractivity contribution in [2.45, 2.75) is 6.42 Å². The number of rotatable bonds is 2. The van der Waals surface area contributed by atoms with Gasteiger partial charge in [0.2, 0.25) is 0 Å². The average molecular weight is 253 g/mol. The van der Waals surface area contributed by atoms with Gasteiger partial charge in [-0.1, -0.05) is 17.7 Å². The van der Waals surface area contributed by atoms with Crippen LogP contribution in [0.4, 0.5) is 5.69 Å². The number of halogens is 1. The smallest absolute Gasteiger partial charge is 0.153 e. The number of nitrogens with zero attached hydrogens (tertiary/aromatic N) is 2. The van der Waals surface area contributed by atoms with Crippen molar-refractivity contribution < 1.29 is 4.79 Å². The van der Waals surface area contributed by atoms with E-state index in [2.05, 4.69) is 16.8 Å². The number of anilines is 1. The van der Waals surface area contributed by atoms with Gasteiger partial charge in [0.1, 0.15) is 0 Å². The Hall–Kier alpha value is -1.06. The van der Waals surface area contributed by atoms with Gasteiger partial charge in [0, 0.05) is 25.3 Å². The summed E-state index contributed by atoms with van der Waals surface area (Å²) in [6.07, 6.45) is 1.97. The van der Waals surface area contributed by atoms with Crippen LogP contribution in [0.25, 0.3) is 0 Å². The Morgan fingerprint density at radius 2 is 2.06 bits per heavy atom. The fraction of sp³-hybridized carbons (Fsp3) is 0.462. The molecule has 0 aromatic heterocycles. The summed E-state index contributed by atoms with van der Waals surface area (Å²) in [5.74, 6) is 0. The average Bonchev–Trinajstić information content (AvgIpc) is 2.54. The molecule has 3 nitrogen and oxygen atoms in total. The molecular weight excluding hydrogens is 236 g/mol. The predicted molar refractivity (Wildman–Crippen MR) is 71.2 cm³/mol. The Labute approximate surface area is 107 Å². The minimum absolute atomic E-state index is 0.537. The SMILES string of the molecule is CN1CCCN(c2cccc(Cl)c2C=O)CC1. The topological polar surface area (TPSA) is 23.6 Å². The molecule has 1 saturated heterocycles. The van der Waals surface area contributed by atoms with Crippen LogP contribution in [0.3, 0.4) is 0 Å². The molecule has 0 saturated carbocycles. The van der Waals surface area contributed by atoms with E-state index in [1.807, 2.05) is 12.1 Å². The Morgan fingerprint density at radius 1 is 1.24 bits per heavy atom. The van der Waals surface area contributed by atoms with Gasteiger partial charge in [-0.05, 0) is 32.1 Å². The number of likely N-dealkylation sites (N-methyl/N-ethyl adjacent to an activating group) is 1. The summed E-state index contributed by atoms with van der Waals surface area (Å²) in [6, 6.07) is 5.64. The van der Waals surface area contributed by atoms with Crippen LogP contribution in [0.2, 0.25) is 5.02 Å². The van der Waals surface area contributed by atoms with Gasteiger partial charge in [-0.25, -0.2) is 0 Å². The van der Waals surface area contributed by atoms with E-state index < -0.39 is 0 Å². The van der Waals surface area contributed by atoms with Gasteiger partial charge in [0.05, 0.1) is 10.6 Å². The molecule has 92 valence electrons. The molecule has 0 aliphatic carbocycles. The van der Waals surface area contributed by atoms with E-state index in [1.54, 1.807) is 6.07 Å². The van der Waals surface area contributed by atoms with E-state index in [9.17, 15) is 4.79 Å². The second-order valence-electron chi connectivity index (χ2n) is 4.43. The lowest BCUT2D eigenvalue weighted by molar-refractivity contribution is 0.112. The third-order valence-electron chi connectivity index (χ3n) is 3.21. The first-order chi connectivity index (χ1) is 8.22. The molecule has 1 aromatic carbocycles. The second-order valence-corrected chi connectivity index (χ2v) is 4.84. The maximum Gasteiger partial charge on any atom is 0.153 e. The molecule has 0 bridgehead atoms. The minimum atomic E-state index is 0.537. The first kappa shape index (κ1) is 12.4. The van der Waals surface area contributed by atoms with E-state index in [-0.39, 0.29) is 0 Å². The van der Waals surface area contributed by atoms with Crippen LogP contribution in [0, 0.1) is 0 Å². The highest BCUT2D eigenvalue weighted by Crippen LogP contribution is 2.26. The van der Waals surface area contributed by atoms with Crippen molar-refractivity contribution in [3.05, 3.63) is 28.8 Å². The molecule has 0 radical (unpaired) electrons. The fourth-order valence-electron chi connectivity index (χ4n) is 2.21. The quantitative estimate of drug-likeness (QED) is 0.755. The van der Waals surface area contributed by atoms with Crippen LogP contribution >= 0.6 is 11.6 Å². The highest BCUT2D eigenvalue weighted by atomic mass is 35.5. The van der Waals surface area contributed by atoms with E-state index >= 15 is 0 Å². The lowest BCUT2D eigenvalue weighted by atomic mass is 10.1. The van der Waals surface area contributed by atoms with Crippen molar-refractivity contribution in [1.82, 2.24) is 4.90 Å². The summed E-state index contributed by atoms with van der Waals surface area (Å²) in [5, 5.41) is 0.537. The minimum Gasteiger partial charge on any atom is -0.370 e. The van der Waals surface area contributed by atoms with Crippen molar-refractivity contribution >= 4 is 23.6 Å². The van der Waals surface area contributed by atoms with Crippen molar-refractivity contribution in [2.75, 3.05) is 38.1 Å². The molecule has 0 atom stereocenters. The molecule has 1 aliphatic heterocycles. The lowest BCUT2D eigenvalue weighted by Crippen LogP contribution is -2.29. The molecule has 0 N–H and O–H groups in total. The van der Waals surface area contributed by atoms with E-state index in [4.69, 9.17) is 11.6 Å². The Kier molecular flexibility index (Phi) is 4.02. The zero-order chi connectivity index (χ0) is 12.3. The van der Waals surface area contributed by atoms with E-state index in [1.165, 1.54) is 0 Å². The Balaban J connectivity index is 2.26. The number of hydrogen-bond donors (Lipinski definition) is 0. The number of carbonyl (C=O) groups excluding carboxylic acids is 1. The van der Waals surface area contributed by atoms with Crippen molar-refractivity contribution in [3.8, 4) is 0 Å². The molecule has 0 unspecified atom stereocenters. The van der Waals surface area contributed by atoms with Gasteiger partial charge in [0.15, 0.2) is 6.29 Å². The van der Waals surface area contributed by atoms with Crippen LogP contribution in [0.15, 0.2) is 18.2 Å². The van der Waals surface area contributed by atoms with Gasteiger partial charge < -0.3 is 9.80 Å². The normalized spacial score (nSPS) is 17.9. The Bertz CT molecular complexity index is 408. The third kappa shape index (κ3) is 2.79. The van der Waals surface area contributed by atoms with Gasteiger partial charge in [-0.2, -0.15) is 0 Å². The van der Waals surface area contributed by atoms with Crippen LogP contribution in [-0.4, -0.2) is 44.4 Å². The molecule has 1 fully saturated rings. The van der Waals surface area contributed by atoms with Gasteiger partial charge in [-0.3, -0.25) is 4.79 Å². The second kappa shape index (κ2) is 5.52. The molecule has 0 amide bonds. The van der Waals surface area contributed by atoms with Crippen LogP contribution in [0.1, 0.15) is 16.8 Å². The highest BCUT2D eigenvalue weighted by Gasteiger charge is 2.16. The molecule has 2 rings (SSSR count). The monoisotopic (exact) mass is 252 g/mol. The molecule has 1 aromatic rings. The molecular formula is C13H17ClN2O. The van der Waals surface area contributed by atoms with Crippen molar-refractivity contribution in [1.29, 1.82) is 0 Å². The summed E-state index contributed by atoms with van der Waals surface area (Å²) in [5.41, 5.74) is 1.57. The van der Waals surface area contributed by atoms with E-state index in [0.29, 0.717) is 10.6 Å². The van der Waals surface area contributed by atoms with E-state index in [0.717, 1.165) is 44.6 Å². The lowest BCUT2D eigenvalue weighted by Gasteiger charge is -2.24. The third-order valence-corrected chi connectivity index (χ3v) is 3.54. The van der Waals surface area contributed by atoms with Gasteiger partial charge in [-0.15, -0.1) is 0 Å². The molecule has 1 aliphatic rings. The first-order valence-electron chi connectivity index (χ1n) is 5.89. The summed E-state index contributed by atoms with van der Waals surface area (Å²) in [4.78, 5) is 15.7. The van der Waals surface area contributed by atoms with Crippen LogP contribution < -0.4 is 4.90 Å². The zero-order valence-corrected chi connectivity index (χ0v) is 10.8. The summed E-state index contributed by atoms with van der Waals surface area (Å²) in [7, 11) is 2.13.